The summed E-state index contributed by atoms with van der Waals surface area (Å²) >= 11 is 0. The van der Waals surface area contributed by atoms with Crippen molar-refractivity contribution < 1.29 is 39.5 Å². The molecule has 5 rings (SSSR count). The Kier molecular flexibility index (Phi) is 8.44. The van der Waals surface area contributed by atoms with Crippen LogP contribution in [0.3, 0.4) is 0 Å². The highest BCUT2D eigenvalue weighted by molar-refractivity contribution is 5.62. The average molecular weight is 644 g/mol. The smallest absolute Gasteiger partial charge is 0.367 e. The van der Waals surface area contributed by atoms with E-state index in [2.05, 4.69) is 20.4 Å². The molecule has 4 aromatic rings. The first kappa shape index (κ1) is 32.0. The van der Waals surface area contributed by atoms with E-state index in [0.717, 1.165) is 16.4 Å². The predicted octanol–water partition coefficient (Wildman–Crippen LogP) is 7.52. The Hall–Kier alpha value is -4.37. The highest BCUT2D eigenvalue weighted by Gasteiger charge is 2.39. The molecule has 3 heterocycles. The fraction of sp³-hybridized carbons (Fsp3) is 0.379. The van der Waals surface area contributed by atoms with Crippen LogP contribution >= 0.6 is 0 Å². The quantitative estimate of drug-likeness (QED) is 0.203. The second kappa shape index (κ2) is 11.9. The van der Waals surface area contributed by atoms with Crippen molar-refractivity contribution in [1.29, 1.82) is 0 Å². The van der Waals surface area contributed by atoms with Gasteiger partial charge in [-0.05, 0) is 77.6 Å². The fourth-order valence-electron chi connectivity index (χ4n) is 5.53. The van der Waals surface area contributed by atoms with Gasteiger partial charge in [-0.1, -0.05) is 17.2 Å². The van der Waals surface area contributed by atoms with Gasteiger partial charge in [0.1, 0.15) is 0 Å². The van der Waals surface area contributed by atoms with E-state index in [9.17, 15) is 39.5 Å². The number of halogens is 9. The van der Waals surface area contributed by atoms with E-state index in [-0.39, 0.29) is 41.8 Å². The maximum atomic E-state index is 14.1. The number of fused-ring (bicyclic) bond motifs is 1. The number of aromatic nitrogens is 5. The van der Waals surface area contributed by atoms with E-state index in [1.54, 1.807) is 29.4 Å². The lowest BCUT2D eigenvalue weighted by Crippen LogP contribution is -2.30. The maximum Gasteiger partial charge on any atom is 0.416 e. The summed E-state index contributed by atoms with van der Waals surface area (Å²) in [6.07, 6.45) is -11.0. The summed E-state index contributed by atoms with van der Waals surface area (Å²) in [7, 11) is 1.43. The largest absolute Gasteiger partial charge is 0.416 e. The Morgan fingerprint density at radius 2 is 1.58 bits per heavy atom. The third-order valence-electron chi connectivity index (χ3n) is 7.51. The van der Waals surface area contributed by atoms with Crippen molar-refractivity contribution in [2.24, 2.45) is 7.05 Å². The molecule has 45 heavy (non-hydrogen) atoms. The molecule has 2 aromatic heterocycles. The first-order valence-electron chi connectivity index (χ1n) is 13.7. The maximum absolute atomic E-state index is 14.1. The molecule has 0 N–H and O–H groups in total. The summed E-state index contributed by atoms with van der Waals surface area (Å²) < 4.78 is 124. The van der Waals surface area contributed by atoms with E-state index < -0.39 is 47.8 Å². The topological polar surface area (TPSA) is 63.0 Å². The molecule has 0 radical (unpaired) electrons. The molecule has 240 valence electrons. The van der Waals surface area contributed by atoms with Gasteiger partial charge in [-0.25, -0.2) is 0 Å². The van der Waals surface area contributed by atoms with Crippen LogP contribution in [-0.4, -0.2) is 31.7 Å². The molecule has 7 nitrogen and oxygen atoms in total. The van der Waals surface area contributed by atoms with Crippen LogP contribution in [0.4, 0.5) is 51.1 Å². The number of pyridine rings is 1. The van der Waals surface area contributed by atoms with Crippen LogP contribution in [0.15, 0.2) is 54.9 Å². The molecule has 1 atom stereocenters. The molecule has 0 bridgehead atoms. The van der Waals surface area contributed by atoms with Crippen molar-refractivity contribution in [2.45, 2.75) is 57.4 Å². The molecule has 0 amide bonds. The summed E-state index contributed by atoms with van der Waals surface area (Å²) in [5.41, 5.74) is -2.96. The molecular formula is C29H26F9N7. The summed E-state index contributed by atoms with van der Waals surface area (Å²) in [5, 5.41) is 11.9. The second-order valence-electron chi connectivity index (χ2n) is 10.8. The molecule has 2 aromatic carbocycles. The molecule has 0 saturated heterocycles. The summed E-state index contributed by atoms with van der Waals surface area (Å²) in [5.74, 6) is -0.113. The van der Waals surface area contributed by atoms with Crippen LogP contribution in [0.5, 0.6) is 0 Å². The zero-order valence-electron chi connectivity index (χ0n) is 23.8. The van der Waals surface area contributed by atoms with Crippen molar-refractivity contribution in [1.82, 2.24) is 25.2 Å². The SMILES string of the molecule is Cc1cc2c(cc1C(F)(F)F)N(Cc1cccnc1)CCC[C@@H]2N(Cc1cc(C(F)(F)F)cc(C(F)(F)F)c1)c1nnn(C)n1. The minimum atomic E-state index is -5.07. The molecule has 1 aliphatic rings. The van der Waals surface area contributed by atoms with Gasteiger partial charge >= 0.3 is 18.5 Å². The van der Waals surface area contributed by atoms with E-state index >= 15 is 0 Å². The van der Waals surface area contributed by atoms with Crippen molar-refractivity contribution >= 4 is 11.6 Å². The monoisotopic (exact) mass is 643 g/mol. The third kappa shape index (κ3) is 7.14. The Morgan fingerprint density at radius 1 is 0.889 bits per heavy atom. The van der Waals surface area contributed by atoms with Gasteiger partial charge in [0.15, 0.2) is 0 Å². The summed E-state index contributed by atoms with van der Waals surface area (Å²) in [6.45, 7) is 1.29. The second-order valence-corrected chi connectivity index (χ2v) is 10.8. The standard InChI is InChI=1S/C29H26F9N7/c1-17-9-22-24(6-4-8-44(15-18-5-3-7-39-14-18)25(22)13-23(17)29(36,37)38)45(26-40-42-43(2)41-26)16-19-10-20(27(30,31)32)12-21(11-19)28(33,34)35/h3,5,7,9-14,24H,4,6,8,15-16H2,1-2H3/t24-/m0/s1. The van der Waals surface area contributed by atoms with Crippen LogP contribution < -0.4 is 9.80 Å². The number of anilines is 2. The van der Waals surface area contributed by atoms with Crippen LogP contribution in [0.25, 0.3) is 0 Å². The highest BCUT2D eigenvalue weighted by atomic mass is 19.4. The fourth-order valence-corrected chi connectivity index (χ4v) is 5.53. The molecule has 0 saturated carbocycles. The van der Waals surface area contributed by atoms with Crippen LogP contribution in [0.2, 0.25) is 0 Å². The highest BCUT2D eigenvalue weighted by Crippen LogP contribution is 2.44. The normalized spacial score (nSPS) is 16.0. The van der Waals surface area contributed by atoms with Crippen LogP contribution in [0.1, 0.15) is 57.8 Å². The number of tetrazole rings is 1. The molecule has 0 unspecified atom stereocenters. The lowest BCUT2D eigenvalue weighted by Gasteiger charge is -2.33. The number of alkyl halides is 9. The van der Waals surface area contributed by atoms with Gasteiger partial charge in [-0.2, -0.15) is 44.3 Å². The van der Waals surface area contributed by atoms with E-state index in [1.165, 1.54) is 24.9 Å². The molecule has 0 spiro atoms. The lowest BCUT2D eigenvalue weighted by atomic mass is 9.94. The zero-order valence-corrected chi connectivity index (χ0v) is 23.8. The Bertz CT molecular complexity index is 1610. The number of benzene rings is 2. The van der Waals surface area contributed by atoms with Crippen molar-refractivity contribution in [2.75, 3.05) is 16.3 Å². The van der Waals surface area contributed by atoms with Gasteiger partial charge in [0.2, 0.25) is 0 Å². The number of hydrogen-bond acceptors (Lipinski definition) is 6. The van der Waals surface area contributed by atoms with Crippen molar-refractivity contribution in [3.63, 3.8) is 0 Å². The number of nitrogens with zero attached hydrogens (tertiary/aromatic N) is 7. The molecule has 0 fully saturated rings. The van der Waals surface area contributed by atoms with Gasteiger partial charge < -0.3 is 9.80 Å². The van der Waals surface area contributed by atoms with Crippen molar-refractivity contribution in [3.8, 4) is 0 Å². The summed E-state index contributed by atoms with van der Waals surface area (Å²) in [4.78, 5) is 8.30. The lowest BCUT2D eigenvalue weighted by molar-refractivity contribution is -0.143. The average Bonchev–Trinajstić information content (AvgIpc) is 3.30. The van der Waals surface area contributed by atoms with Crippen LogP contribution in [0, 0.1) is 6.92 Å². The zero-order chi connectivity index (χ0) is 32.7. The van der Waals surface area contributed by atoms with E-state index in [0.29, 0.717) is 30.7 Å². The first-order chi connectivity index (χ1) is 21.0. The first-order valence-corrected chi connectivity index (χ1v) is 13.7. The van der Waals surface area contributed by atoms with Crippen molar-refractivity contribution in [3.05, 3.63) is 93.8 Å². The number of hydrogen-bond donors (Lipinski definition) is 0. The minimum absolute atomic E-state index is 0.0354. The molecule has 1 aliphatic heterocycles. The Morgan fingerprint density at radius 3 is 2.13 bits per heavy atom. The van der Waals surface area contributed by atoms with Gasteiger partial charge in [-0.15, -0.1) is 5.10 Å². The number of rotatable bonds is 6. The predicted molar refractivity (Wildman–Crippen MR) is 145 cm³/mol. The van der Waals surface area contributed by atoms with Crippen LogP contribution in [-0.2, 0) is 38.7 Å². The van der Waals surface area contributed by atoms with Gasteiger partial charge in [0.05, 0.1) is 29.8 Å². The Labute approximate surface area is 251 Å². The molecule has 16 heteroatoms. The molecular weight excluding hydrogens is 617 g/mol. The minimum Gasteiger partial charge on any atom is -0.367 e. The summed E-state index contributed by atoms with van der Waals surface area (Å²) in [6, 6.07) is 6.29. The van der Waals surface area contributed by atoms with Gasteiger partial charge in [0, 0.05) is 37.7 Å². The van der Waals surface area contributed by atoms with Gasteiger partial charge in [0.25, 0.3) is 5.95 Å². The number of aryl methyl sites for hydroxylation is 2. The van der Waals surface area contributed by atoms with E-state index in [4.69, 9.17) is 0 Å². The molecule has 0 aliphatic carbocycles. The van der Waals surface area contributed by atoms with Gasteiger partial charge in [-0.3, -0.25) is 4.98 Å². The van der Waals surface area contributed by atoms with E-state index in [1.807, 2.05) is 0 Å². The Balaban J connectivity index is 1.67. The third-order valence-corrected chi connectivity index (χ3v) is 7.51.